The van der Waals surface area contributed by atoms with Gasteiger partial charge in [0.1, 0.15) is 11.6 Å². The quantitative estimate of drug-likeness (QED) is 0.638. The van der Waals surface area contributed by atoms with E-state index in [4.69, 9.17) is 16.3 Å². The number of amides is 1. The molecule has 0 aliphatic heterocycles. The molecule has 2 aromatic carbocycles. The Balaban J connectivity index is 1.92. The van der Waals surface area contributed by atoms with Gasteiger partial charge in [0, 0.05) is 6.08 Å². The Labute approximate surface area is 148 Å². The van der Waals surface area contributed by atoms with Crippen LogP contribution in [0.2, 0.25) is 5.02 Å². The van der Waals surface area contributed by atoms with Crippen molar-refractivity contribution < 1.29 is 23.1 Å². The average Bonchev–Trinajstić information content (AvgIpc) is 2.58. The molecule has 25 heavy (non-hydrogen) atoms. The smallest absolute Gasteiger partial charge is 0.331 e. The zero-order chi connectivity index (χ0) is 18.4. The minimum Gasteiger partial charge on any atom is -0.449 e. The second-order valence-electron chi connectivity index (χ2n) is 5.06. The number of nitrogens with one attached hydrogen (secondary N) is 1. The lowest BCUT2D eigenvalue weighted by Gasteiger charge is -2.12. The molecule has 0 fully saturated rings. The number of halogens is 3. The van der Waals surface area contributed by atoms with E-state index in [0.29, 0.717) is 5.56 Å². The van der Waals surface area contributed by atoms with Gasteiger partial charge < -0.3 is 10.1 Å². The lowest BCUT2D eigenvalue weighted by atomic mass is 10.2. The van der Waals surface area contributed by atoms with Crippen LogP contribution in [0.1, 0.15) is 12.5 Å². The zero-order valence-corrected chi connectivity index (χ0v) is 13.9. The molecule has 0 radical (unpaired) electrons. The van der Waals surface area contributed by atoms with Crippen LogP contribution in [0.25, 0.3) is 6.08 Å². The number of carbonyl (C=O) groups is 2. The number of ether oxygens (including phenoxy) is 1. The third-order valence-corrected chi connectivity index (χ3v) is 3.44. The summed E-state index contributed by atoms with van der Waals surface area (Å²) in [5.74, 6) is -2.62. The summed E-state index contributed by atoms with van der Waals surface area (Å²) in [7, 11) is 0. The maximum absolute atomic E-state index is 13.5. The summed E-state index contributed by atoms with van der Waals surface area (Å²) in [5.41, 5.74) is 0.485. The van der Waals surface area contributed by atoms with Gasteiger partial charge in [0.15, 0.2) is 6.10 Å². The lowest BCUT2D eigenvalue weighted by Crippen LogP contribution is -2.29. The molecule has 130 valence electrons. The summed E-state index contributed by atoms with van der Waals surface area (Å²) < 4.78 is 31.5. The van der Waals surface area contributed by atoms with E-state index >= 15 is 0 Å². The third kappa shape index (κ3) is 5.39. The van der Waals surface area contributed by atoms with Crippen LogP contribution >= 0.6 is 11.6 Å². The van der Waals surface area contributed by atoms with Gasteiger partial charge in [0.25, 0.3) is 5.91 Å². The molecule has 4 nitrogen and oxygen atoms in total. The number of benzene rings is 2. The molecule has 1 amide bonds. The van der Waals surface area contributed by atoms with Crippen molar-refractivity contribution in [1.82, 2.24) is 0 Å². The molecule has 1 N–H and O–H groups in total. The lowest BCUT2D eigenvalue weighted by molar-refractivity contribution is -0.148. The number of anilines is 1. The van der Waals surface area contributed by atoms with Crippen molar-refractivity contribution in [2.75, 3.05) is 5.32 Å². The van der Waals surface area contributed by atoms with E-state index in [0.717, 1.165) is 12.1 Å². The highest BCUT2D eigenvalue weighted by Gasteiger charge is 2.17. The van der Waals surface area contributed by atoms with Crippen LogP contribution in [0, 0.1) is 11.6 Å². The number of carbonyl (C=O) groups excluding carboxylic acids is 2. The topological polar surface area (TPSA) is 55.4 Å². The first-order valence-electron chi connectivity index (χ1n) is 7.26. The molecule has 2 rings (SSSR count). The normalized spacial score (nSPS) is 12.0. The van der Waals surface area contributed by atoms with Crippen molar-refractivity contribution in [3.8, 4) is 0 Å². The zero-order valence-electron chi connectivity index (χ0n) is 13.1. The maximum Gasteiger partial charge on any atom is 0.331 e. The van der Waals surface area contributed by atoms with Crippen molar-refractivity contribution in [3.05, 3.63) is 70.8 Å². The van der Waals surface area contributed by atoms with Crippen LogP contribution in [0.3, 0.4) is 0 Å². The number of hydrogen-bond acceptors (Lipinski definition) is 3. The Morgan fingerprint density at radius 2 is 1.88 bits per heavy atom. The van der Waals surface area contributed by atoms with Gasteiger partial charge in [-0.15, -0.1) is 0 Å². The van der Waals surface area contributed by atoms with Crippen LogP contribution < -0.4 is 5.32 Å². The first kappa shape index (κ1) is 18.6. The van der Waals surface area contributed by atoms with Crippen molar-refractivity contribution in [2.45, 2.75) is 13.0 Å². The highest BCUT2D eigenvalue weighted by molar-refractivity contribution is 6.30. The van der Waals surface area contributed by atoms with Crippen LogP contribution in [-0.2, 0) is 14.3 Å². The summed E-state index contributed by atoms with van der Waals surface area (Å²) in [5, 5.41) is 2.25. The second-order valence-corrected chi connectivity index (χ2v) is 5.46. The molecule has 0 aliphatic carbocycles. The van der Waals surface area contributed by atoms with Crippen molar-refractivity contribution in [3.63, 3.8) is 0 Å². The molecule has 0 spiro atoms. The van der Waals surface area contributed by atoms with Gasteiger partial charge in [-0.3, -0.25) is 4.79 Å². The van der Waals surface area contributed by atoms with E-state index in [1.165, 1.54) is 43.3 Å². The van der Waals surface area contributed by atoms with Gasteiger partial charge in [-0.2, -0.15) is 0 Å². The van der Waals surface area contributed by atoms with Gasteiger partial charge in [-0.05, 0) is 42.8 Å². The molecular formula is C18H14ClF2NO3. The van der Waals surface area contributed by atoms with Crippen molar-refractivity contribution in [2.24, 2.45) is 0 Å². The van der Waals surface area contributed by atoms with E-state index in [9.17, 15) is 18.4 Å². The Kier molecular flexibility index (Phi) is 6.25. The average molecular weight is 366 g/mol. The number of para-hydroxylation sites is 1. The van der Waals surface area contributed by atoms with Crippen molar-refractivity contribution >= 4 is 35.2 Å². The molecule has 0 saturated heterocycles. The van der Waals surface area contributed by atoms with E-state index in [1.807, 2.05) is 0 Å². The number of hydrogen-bond donors (Lipinski definition) is 1. The fourth-order valence-electron chi connectivity index (χ4n) is 1.84. The third-order valence-electron chi connectivity index (χ3n) is 3.15. The Morgan fingerprint density at radius 1 is 1.16 bits per heavy atom. The summed E-state index contributed by atoms with van der Waals surface area (Å²) in [6.45, 7) is 1.36. The summed E-state index contributed by atoms with van der Waals surface area (Å²) in [4.78, 5) is 23.7. The first-order valence-corrected chi connectivity index (χ1v) is 7.64. The summed E-state index contributed by atoms with van der Waals surface area (Å²) >= 11 is 5.64. The van der Waals surface area contributed by atoms with Gasteiger partial charge in [-0.1, -0.05) is 29.8 Å². The first-order chi connectivity index (χ1) is 11.9. The Hall–Kier alpha value is -2.73. The summed E-state index contributed by atoms with van der Waals surface area (Å²) in [6.07, 6.45) is 1.32. The Morgan fingerprint density at radius 3 is 2.56 bits per heavy atom. The largest absolute Gasteiger partial charge is 0.449 e. The SMILES string of the molecule is C[C@@H](OC(=O)/C=C/c1ccc(F)c(Cl)c1)C(=O)Nc1ccccc1F. The second kappa shape index (κ2) is 8.39. The van der Waals surface area contributed by atoms with Crippen LogP contribution in [-0.4, -0.2) is 18.0 Å². The molecule has 1 atom stereocenters. The Bertz CT molecular complexity index is 824. The molecule has 7 heteroatoms. The number of esters is 1. The monoisotopic (exact) mass is 365 g/mol. The fraction of sp³-hybridized carbons (Fsp3) is 0.111. The summed E-state index contributed by atoms with van der Waals surface area (Å²) in [6, 6.07) is 9.57. The minimum absolute atomic E-state index is 0.00750. The van der Waals surface area contributed by atoms with Gasteiger partial charge in [0.05, 0.1) is 10.7 Å². The number of rotatable bonds is 5. The molecule has 0 aromatic heterocycles. The van der Waals surface area contributed by atoms with E-state index < -0.39 is 29.6 Å². The van der Waals surface area contributed by atoms with E-state index in [2.05, 4.69) is 5.32 Å². The highest BCUT2D eigenvalue weighted by atomic mass is 35.5. The molecule has 0 aliphatic rings. The van der Waals surface area contributed by atoms with E-state index in [-0.39, 0.29) is 10.7 Å². The molecule has 0 unspecified atom stereocenters. The van der Waals surface area contributed by atoms with Crippen molar-refractivity contribution in [1.29, 1.82) is 0 Å². The molecule has 0 bridgehead atoms. The van der Waals surface area contributed by atoms with Crippen LogP contribution in [0.4, 0.5) is 14.5 Å². The van der Waals surface area contributed by atoms with Gasteiger partial charge in [-0.25, -0.2) is 13.6 Å². The fourth-order valence-corrected chi connectivity index (χ4v) is 2.03. The van der Waals surface area contributed by atoms with Gasteiger partial charge >= 0.3 is 5.97 Å². The molecule has 0 heterocycles. The molecule has 2 aromatic rings. The predicted octanol–water partition coefficient (Wildman–Crippen LogP) is 4.20. The van der Waals surface area contributed by atoms with Gasteiger partial charge in [0.2, 0.25) is 0 Å². The molecular weight excluding hydrogens is 352 g/mol. The predicted molar refractivity (Wildman–Crippen MR) is 91.0 cm³/mol. The maximum atomic E-state index is 13.5. The molecule has 0 saturated carbocycles. The highest BCUT2D eigenvalue weighted by Crippen LogP contribution is 2.17. The van der Waals surface area contributed by atoms with Crippen LogP contribution in [0.5, 0.6) is 0 Å². The minimum atomic E-state index is -1.13. The van der Waals surface area contributed by atoms with E-state index in [1.54, 1.807) is 6.07 Å². The standard InChI is InChI=1S/C18H14ClF2NO3/c1-11(18(24)22-16-5-3-2-4-15(16)21)25-17(23)9-7-12-6-8-14(20)13(19)10-12/h2-11H,1H3,(H,22,24)/b9-7+/t11-/m1/s1. The van der Waals surface area contributed by atoms with Crippen LogP contribution in [0.15, 0.2) is 48.5 Å².